The summed E-state index contributed by atoms with van der Waals surface area (Å²) in [6.45, 7) is 8.73. The van der Waals surface area contributed by atoms with Crippen molar-refractivity contribution in [1.29, 1.82) is 0 Å². The molecule has 1 fully saturated rings. The van der Waals surface area contributed by atoms with Gasteiger partial charge in [0.1, 0.15) is 0 Å². The number of likely N-dealkylation sites (tertiary alicyclic amines) is 1. The first-order chi connectivity index (χ1) is 8.15. The van der Waals surface area contributed by atoms with Gasteiger partial charge in [-0.1, -0.05) is 0 Å². The Bertz CT molecular complexity index is 223. The monoisotopic (exact) mass is 242 g/mol. The normalized spacial score (nSPS) is 24.9. The zero-order valence-electron chi connectivity index (χ0n) is 11.4. The lowest BCUT2D eigenvalue weighted by Crippen LogP contribution is -2.34. The molecule has 0 aliphatic carbocycles. The Kier molecular flexibility index (Phi) is 6.34. The third-order valence-corrected chi connectivity index (χ3v) is 3.52. The van der Waals surface area contributed by atoms with Crippen molar-refractivity contribution in [2.45, 2.75) is 58.5 Å². The van der Waals surface area contributed by atoms with Crippen LogP contribution in [0, 0.1) is 0 Å². The van der Waals surface area contributed by atoms with Crippen LogP contribution in [0.2, 0.25) is 0 Å². The molecule has 1 saturated heterocycles. The van der Waals surface area contributed by atoms with Crippen molar-refractivity contribution in [2.75, 3.05) is 19.7 Å². The predicted molar refractivity (Wildman–Crippen MR) is 69.1 cm³/mol. The van der Waals surface area contributed by atoms with E-state index in [1.165, 1.54) is 12.8 Å². The Morgan fingerprint density at radius 1 is 1.29 bits per heavy atom. The van der Waals surface area contributed by atoms with Crippen LogP contribution in [0.4, 0.5) is 4.79 Å². The molecular weight excluding hydrogens is 216 g/mol. The second kappa shape index (κ2) is 7.54. The van der Waals surface area contributed by atoms with Gasteiger partial charge in [-0.2, -0.15) is 0 Å². The van der Waals surface area contributed by atoms with Gasteiger partial charge in [0.2, 0.25) is 0 Å². The van der Waals surface area contributed by atoms with E-state index in [0.717, 1.165) is 38.0 Å². The lowest BCUT2D eigenvalue weighted by Gasteiger charge is -2.25. The maximum absolute atomic E-state index is 11.0. The Morgan fingerprint density at radius 2 is 1.94 bits per heavy atom. The number of carbonyl (C=O) groups is 1. The van der Waals surface area contributed by atoms with Crippen LogP contribution in [0.5, 0.6) is 0 Å². The number of hydrogen-bond acceptors (Lipinski definition) is 3. The summed E-state index contributed by atoms with van der Waals surface area (Å²) in [5.74, 6) is 0. The minimum atomic E-state index is -0.296. The van der Waals surface area contributed by atoms with E-state index in [1.807, 2.05) is 6.92 Å². The van der Waals surface area contributed by atoms with E-state index in [1.54, 1.807) is 0 Å². The zero-order valence-corrected chi connectivity index (χ0v) is 11.4. The van der Waals surface area contributed by atoms with E-state index in [9.17, 15) is 4.79 Å². The molecule has 0 radical (unpaired) electrons. The Hall–Kier alpha value is -0.770. The number of amides is 1. The fourth-order valence-electron chi connectivity index (χ4n) is 2.48. The maximum atomic E-state index is 11.0. The van der Waals surface area contributed by atoms with Gasteiger partial charge in [-0.05, 0) is 53.0 Å². The molecule has 4 nitrogen and oxygen atoms in total. The maximum Gasteiger partial charge on any atom is 0.407 e. The van der Waals surface area contributed by atoms with Crippen LogP contribution >= 0.6 is 0 Å². The highest BCUT2D eigenvalue weighted by molar-refractivity contribution is 5.66. The molecule has 0 aromatic rings. The smallest absolute Gasteiger partial charge is 0.407 e. The summed E-state index contributed by atoms with van der Waals surface area (Å²) in [5, 5.41) is 2.75. The van der Waals surface area contributed by atoms with E-state index in [-0.39, 0.29) is 6.09 Å². The van der Waals surface area contributed by atoms with Gasteiger partial charge in [-0.25, -0.2) is 4.79 Å². The number of alkyl carbamates (subject to hydrolysis) is 1. The number of nitrogens with zero attached hydrogens (tertiary/aromatic N) is 1. The van der Waals surface area contributed by atoms with Crippen LogP contribution in [-0.2, 0) is 4.74 Å². The molecule has 0 unspecified atom stereocenters. The standard InChI is InChI=1S/C13H26N2O2/c1-4-17-13(16)14-9-5-6-10-15-11(2)7-8-12(15)3/h11-12H,4-10H2,1-3H3,(H,14,16)/t11-,12-/m0/s1. The van der Waals surface area contributed by atoms with Crippen LogP contribution in [-0.4, -0.2) is 42.8 Å². The van der Waals surface area contributed by atoms with Crippen LogP contribution in [0.1, 0.15) is 46.5 Å². The lowest BCUT2D eigenvalue weighted by molar-refractivity contribution is 0.151. The fourth-order valence-corrected chi connectivity index (χ4v) is 2.48. The lowest BCUT2D eigenvalue weighted by atomic mass is 10.2. The van der Waals surface area contributed by atoms with Gasteiger partial charge in [-0.3, -0.25) is 4.90 Å². The van der Waals surface area contributed by atoms with E-state index in [0.29, 0.717) is 6.61 Å². The van der Waals surface area contributed by atoms with Crippen LogP contribution in [0.25, 0.3) is 0 Å². The summed E-state index contributed by atoms with van der Waals surface area (Å²) in [5.41, 5.74) is 0. The van der Waals surface area contributed by atoms with E-state index in [4.69, 9.17) is 4.74 Å². The third-order valence-electron chi connectivity index (χ3n) is 3.52. The number of unbranched alkanes of at least 4 members (excludes halogenated alkanes) is 1. The summed E-state index contributed by atoms with van der Waals surface area (Å²) in [6.07, 6.45) is 4.51. The van der Waals surface area contributed by atoms with Gasteiger partial charge >= 0.3 is 6.09 Å². The van der Waals surface area contributed by atoms with Crippen molar-refractivity contribution in [3.05, 3.63) is 0 Å². The van der Waals surface area contributed by atoms with E-state index < -0.39 is 0 Å². The van der Waals surface area contributed by atoms with Crippen molar-refractivity contribution in [2.24, 2.45) is 0 Å². The molecular formula is C13H26N2O2. The van der Waals surface area contributed by atoms with Gasteiger partial charge in [-0.15, -0.1) is 0 Å². The second-order valence-electron chi connectivity index (χ2n) is 4.87. The number of nitrogens with one attached hydrogen (secondary N) is 1. The van der Waals surface area contributed by atoms with Crippen molar-refractivity contribution >= 4 is 6.09 Å². The molecule has 4 heteroatoms. The molecule has 1 N–H and O–H groups in total. The molecule has 0 saturated carbocycles. The molecule has 0 aromatic carbocycles. The van der Waals surface area contributed by atoms with Crippen LogP contribution in [0.3, 0.4) is 0 Å². The molecule has 2 atom stereocenters. The summed E-state index contributed by atoms with van der Waals surface area (Å²) >= 11 is 0. The van der Waals surface area contributed by atoms with Gasteiger partial charge in [0.05, 0.1) is 6.61 Å². The topological polar surface area (TPSA) is 41.6 Å². The van der Waals surface area contributed by atoms with E-state index >= 15 is 0 Å². The molecule has 100 valence electrons. The highest BCUT2D eigenvalue weighted by Crippen LogP contribution is 2.23. The Morgan fingerprint density at radius 3 is 2.53 bits per heavy atom. The van der Waals surface area contributed by atoms with Gasteiger partial charge in [0, 0.05) is 18.6 Å². The number of hydrogen-bond donors (Lipinski definition) is 1. The first kappa shape index (κ1) is 14.3. The average Bonchev–Trinajstić information content (AvgIpc) is 2.60. The molecule has 1 rings (SSSR count). The van der Waals surface area contributed by atoms with E-state index in [2.05, 4.69) is 24.1 Å². The summed E-state index contributed by atoms with van der Waals surface area (Å²) in [7, 11) is 0. The minimum absolute atomic E-state index is 0.296. The first-order valence-corrected chi connectivity index (χ1v) is 6.81. The van der Waals surface area contributed by atoms with Crippen molar-refractivity contribution in [1.82, 2.24) is 10.2 Å². The largest absolute Gasteiger partial charge is 0.450 e. The number of ether oxygens (including phenoxy) is 1. The molecule has 17 heavy (non-hydrogen) atoms. The van der Waals surface area contributed by atoms with Crippen molar-refractivity contribution in [3.8, 4) is 0 Å². The predicted octanol–water partition coefficient (Wildman–Crippen LogP) is 2.39. The fraction of sp³-hybridized carbons (Fsp3) is 0.923. The summed E-state index contributed by atoms with van der Waals surface area (Å²) in [6, 6.07) is 1.45. The van der Waals surface area contributed by atoms with Crippen molar-refractivity contribution < 1.29 is 9.53 Å². The summed E-state index contributed by atoms with van der Waals surface area (Å²) < 4.78 is 4.80. The Balaban J connectivity index is 2.02. The molecule has 0 bridgehead atoms. The van der Waals surface area contributed by atoms with Crippen LogP contribution in [0.15, 0.2) is 0 Å². The third kappa shape index (κ3) is 4.94. The highest BCUT2D eigenvalue weighted by atomic mass is 16.5. The molecule has 1 heterocycles. The van der Waals surface area contributed by atoms with Gasteiger partial charge in [0.15, 0.2) is 0 Å². The number of rotatable bonds is 6. The quantitative estimate of drug-likeness (QED) is 0.727. The number of carbonyl (C=O) groups excluding carboxylic acids is 1. The minimum Gasteiger partial charge on any atom is -0.450 e. The van der Waals surface area contributed by atoms with Crippen LogP contribution < -0.4 is 5.32 Å². The Labute approximate surface area is 105 Å². The average molecular weight is 242 g/mol. The second-order valence-corrected chi connectivity index (χ2v) is 4.87. The van der Waals surface area contributed by atoms with Crippen molar-refractivity contribution in [3.63, 3.8) is 0 Å². The molecule has 1 amide bonds. The summed E-state index contributed by atoms with van der Waals surface area (Å²) in [4.78, 5) is 13.6. The zero-order chi connectivity index (χ0) is 12.7. The molecule has 0 spiro atoms. The molecule has 0 aromatic heterocycles. The first-order valence-electron chi connectivity index (χ1n) is 6.81. The van der Waals surface area contributed by atoms with Gasteiger partial charge < -0.3 is 10.1 Å². The molecule has 1 aliphatic heterocycles. The van der Waals surface area contributed by atoms with Gasteiger partial charge in [0.25, 0.3) is 0 Å². The SMILES string of the molecule is CCOC(=O)NCCCCN1[C@@H](C)CC[C@@H]1C. The highest BCUT2D eigenvalue weighted by Gasteiger charge is 2.26. The molecule has 1 aliphatic rings.